The van der Waals surface area contributed by atoms with Crippen LogP contribution in [0.25, 0.3) is 11.5 Å². The highest BCUT2D eigenvalue weighted by Crippen LogP contribution is 2.32. The number of pyridine rings is 1. The van der Waals surface area contributed by atoms with Crippen molar-refractivity contribution in [2.24, 2.45) is 0 Å². The van der Waals surface area contributed by atoms with Gasteiger partial charge in [-0.2, -0.15) is 8.78 Å². The molecule has 0 saturated heterocycles. The van der Waals surface area contributed by atoms with E-state index in [1.807, 2.05) is 0 Å². The van der Waals surface area contributed by atoms with E-state index in [4.69, 9.17) is 4.42 Å². The molecule has 1 amide bonds. The molecule has 1 aliphatic rings. The number of alkyl halides is 2. The van der Waals surface area contributed by atoms with Gasteiger partial charge in [0, 0.05) is 22.9 Å². The van der Waals surface area contributed by atoms with Crippen LogP contribution < -0.4 is 0 Å². The van der Waals surface area contributed by atoms with Gasteiger partial charge >= 0.3 is 6.43 Å². The lowest BCUT2D eigenvalue weighted by Crippen LogP contribution is -2.23. The maximum Gasteiger partial charge on any atom is 0.314 e. The smallest absolute Gasteiger partial charge is 0.314 e. The van der Waals surface area contributed by atoms with Gasteiger partial charge in [0.2, 0.25) is 5.89 Å². The van der Waals surface area contributed by atoms with Gasteiger partial charge in [-0.1, -0.05) is 6.07 Å². The van der Waals surface area contributed by atoms with Crippen molar-refractivity contribution in [1.29, 1.82) is 0 Å². The van der Waals surface area contributed by atoms with Crippen LogP contribution in [0.4, 0.5) is 13.2 Å². The molecule has 3 heterocycles. The monoisotopic (exact) mass is 360 g/mol. The minimum absolute atomic E-state index is 0.0775. The average molecular weight is 360 g/mol. The molecule has 0 radical (unpaired) electrons. The van der Waals surface area contributed by atoms with E-state index in [-0.39, 0.29) is 41.6 Å². The van der Waals surface area contributed by atoms with Gasteiger partial charge in [0.1, 0.15) is 5.82 Å². The van der Waals surface area contributed by atoms with Crippen molar-refractivity contribution in [2.75, 3.05) is 0 Å². The van der Waals surface area contributed by atoms with Crippen LogP contribution in [-0.4, -0.2) is 26.0 Å². The molecule has 0 unspecified atom stereocenters. The van der Waals surface area contributed by atoms with Gasteiger partial charge < -0.3 is 9.32 Å². The van der Waals surface area contributed by atoms with Gasteiger partial charge in [0.25, 0.3) is 11.8 Å². The van der Waals surface area contributed by atoms with E-state index in [2.05, 4.69) is 15.2 Å². The van der Waals surface area contributed by atoms with Crippen LogP contribution in [0, 0.1) is 5.82 Å². The summed E-state index contributed by atoms with van der Waals surface area (Å²) in [7, 11) is 0. The zero-order valence-electron chi connectivity index (χ0n) is 13.2. The highest BCUT2D eigenvalue weighted by molar-refractivity contribution is 5.99. The van der Waals surface area contributed by atoms with E-state index in [0.29, 0.717) is 5.69 Å². The average Bonchev–Trinajstić information content (AvgIpc) is 3.23. The molecule has 0 saturated carbocycles. The SMILES string of the molecule is O=C1c2cc(-c3nnc(C(F)F)o3)cc(F)c2CN1Cc1ccccn1. The summed E-state index contributed by atoms with van der Waals surface area (Å²) in [6.07, 6.45) is -1.32. The lowest BCUT2D eigenvalue weighted by atomic mass is 10.1. The van der Waals surface area contributed by atoms with E-state index in [1.54, 1.807) is 24.4 Å². The van der Waals surface area contributed by atoms with Crippen molar-refractivity contribution in [3.8, 4) is 11.5 Å². The fourth-order valence-corrected chi connectivity index (χ4v) is 2.80. The second-order valence-corrected chi connectivity index (χ2v) is 5.71. The second-order valence-electron chi connectivity index (χ2n) is 5.71. The van der Waals surface area contributed by atoms with Crippen LogP contribution in [0.3, 0.4) is 0 Å². The van der Waals surface area contributed by atoms with Crippen molar-refractivity contribution in [1.82, 2.24) is 20.1 Å². The number of carbonyl (C=O) groups is 1. The standard InChI is InChI=1S/C17H11F3N4O2/c18-13-6-9(15-22-23-16(26-15)14(19)20)5-11-12(13)8-24(17(11)25)7-10-3-1-2-4-21-10/h1-6,14H,7-8H2. The van der Waals surface area contributed by atoms with Gasteiger partial charge in [-0.15, -0.1) is 10.2 Å². The summed E-state index contributed by atoms with van der Waals surface area (Å²) in [5, 5.41) is 6.70. The first kappa shape index (κ1) is 16.2. The van der Waals surface area contributed by atoms with Crippen molar-refractivity contribution in [3.05, 3.63) is 65.1 Å². The van der Waals surface area contributed by atoms with Crippen LogP contribution in [0.15, 0.2) is 40.9 Å². The Bertz CT molecular complexity index is 975. The molecule has 1 aromatic carbocycles. The van der Waals surface area contributed by atoms with E-state index in [0.717, 1.165) is 6.07 Å². The van der Waals surface area contributed by atoms with Crippen LogP contribution in [0.5, 0.6) is 0 Å². The number of hydrogen-bond donors (Lipinski definition) is 0. The first-order chi connectivity index (χ1) is 12.5. The minimum atomic E-state index is -2.92. The number of hydrogen-bond acceptors (Lipinski definition) is 5. The number of rotatable bonds is 4. The maximum atomic E-state index is 14.5. The molecule has 26 heavy (non-hydrogen) atoms. The second kappa shape index (κ2) is 6.25. The summed E-state index contributed by atoms with van der Waals surface area (Å²) in [5.74, 6) is -2.13. The van der Waals surface area contributed by atoms with Crippen molar-refractivity contribution < 1.29 is 22.4 Å². The Kier molecular flexibility index (Phi) is 3.90. The first-order valence-corrected chi connectivity index (χ1v) is 7.66. The summed E-state index contributed by atoms with van der Waals surface area (Å²) in [5.41, 5.74) is 1.14. The Labute approximate surface area is 145 Å². The first-order valence-electron chi connectivity index (χ1n) is 7.66. The molecule has 2 aromatic heterocycles. The van der Waals surface area contributed by atoms with Gasteiger partial charge in [-0.3, -0.25) is 9.78 Å². The van der Waals surface area contributed by atoms with Crippen LogP contribution >= 0.6 is 0 Å². The number of aromatic nitrogens is 3. The number of carbonyl (C=O) groups excluding carboxylic acids is 1. The number of benzene rings is 1. The lowest BCUT2D eigenvalue weighted by molar-refractivity contribution is 0.0764. The Hall–Kier alpha value is -3.23. The van der Waals surface area contributed by atoms with E-state index < -0.39 is 18.1 Å². The van der Waals surface area contributed by atoms with Crippen molar-refractivity contribution >= 4 is 5.91 Å². The summed E-state index contributed by atoms with van der Waals surface area (Å²) >= 11 is 0. The maximum absolute atomic E-state index is 14.5. The molecule has 1 aliphatic heterocycles. The van der Waals surface area contributed by atoms with E-state index >= 15 is 0 Å². The van der Waals surface area contributed by atoms with Crippen LogP contribution in [-0.2, 0) is 13.1 Å². The summed E-state index contributed by atoms with van der Waals surface area (Å²) in [6, 6.07) is 7.79. The predicted molar refractivity (Wildman–Crippen MR) is 82.5 cm³/mol. The summed E-state index contributed by atoms with van der Waals surface area (Å²) in [4.78, 5) is 18.2. The zero-order chi connectivity index (χ0) is 18.3. The number of halogens is 3. The molecule has 0 aliphatic carbocycles. The highest BCUT2D eigenvalue weighted by atomic mass is 19.3. The normalized spacial score (nSPS) is 13.5. The third kappa shape index (κ3) is 2.81. The Balaban J connectivity index is 1.65. The molecule has 0 N–H and O–H groups in total. The quantitative estimate of drug-likeness (QED) is 0.713. The molecular weight excluding hydrogens is 349 g/mol. The van der Waals surface area contributed by atoms with Gasteiger partial charge in [-0.25, -0.2) is 4.39 Å². The fraction of sp³-hybridized carbons (Fsp3) is 0.176. The Morgan fingerprint density at radius 1 is 1.23 bits per heavy atom. The molecule has 4 rings (SSSR count). The molecule has 3 aromatic rings. The van der Waals surface area contributed by atoms with E-state index in [1.165, 1.54) is 11.0 Å². The number of fused-ring (bicyclic) bond motifs is 1. The molecule has 0 atom stereocenters. The Morgan fingerprint density at radius 2 is 2.08 bits per heavy atom. The fourth-order valence-electron chi connectivity index (χ4n) is 2.80. The topological polar surface area (TPSA) is 72.1 Å². The number of nitrogens with zero attached hydrogens (tertiary/aromatic N) is 4. The van der Waals surface area contributed by atoms with Gasteiger partial charge in [-0.05, 0) is 24.3 Å². The third-order valence-corrected chi connectivity index (χ3v) is 4.02. The Morgan fingerprint density at radius 3 is 2.77 bits per heavy atom. The molecule has 132 valence electrons. The van der Waals surface area contributed by atoms with Crippen LogP contribution in [0.1, 0.15) is 33.9 Å². The molecule has 6 nitrogen and oxygen atoms in total. The summed E-state index contributed by atoms with van der Waals surface area (Å²) < 4.78 is 44.4. The lowest BCUT2D eigenvalue weighted by Gasteiger charge is -2.14. The molecule has 9 heteroatoms. The zero-order valence-corrected chi connectivity index (χ0v) is 13.2. The molecule has 0 fully saturated rings. The molecule has 0 spiro atoms. The van der Waals surface area contributed by atoms with E-state index in [9.17, 15) is 18.0 Å². The van der Waals surface area contributed by atoms with Crippen LogP contribution in [0.2, 0.25) is 0 Å². The number of amides is 1. The largest absolute Gasteiger partial charge is 0.415 e. The van der Waals surface area contributed by atoms with Crippen molar-refractivity contribution in [2.45, 2.75) is 19.5 Å². The molecule has 0 bridgehead atoms. The van der Waals surface area contributed by atoms with Crippen molar-refractivity contribution in [3.63, 3.8) is 0 Å². The minimum Gasteiger partial charge on any atom is -0.415 e. The third-order valence-electron chi connectivity index (χ3n) is 4.02. The van der Waals surface area contributed by atoms with Gasteiger partial charge in [0.05, 0.1) is 18.8 Å². The van der Waals surface area contributed by atoms with Gasteiger partial charge in [0.15, 0.2) is 0 Å². The highest BCUT2D eigenvalue weighted by Gasteiger charge is 2.31. The summed E-state index contributed by atoms with van der Waals surface area (Å²) in [6.45, 7) is 0.336. The molecular formula is C17H11F3N4O2. The predicted octanol–water partition coefficient (Wildman–Crippen LogP) is 3.36.